The average Bonchev–Trinajstić information content (AvgIpc) is 2.99. The molecule has 1 heterocycles. The highest BCUT2D eigenvalue weighted by molar-refractivity contribution is 7.06. The Kier molecular flexibility index (Phi) is 5.59. The van der Waals surface area contributed by atoms with Crippen LogP contribution in [0.5, 0.6) is 0 Å². The Morgan fingerprint density at radius 1 is 1.29 bits per heavy atom. The summed E-state index contributed by atoms with van der Waals surface area (Å²) in [6.45, 7) is 3.61. The van der Waals surface area contributed by atoms with Gasteiger partial charge in [-0.25, -0.2) is 0 Å². The van der Waals surface area contributed by atoms with Crippen molar-refractivity contribution in [2.45, 2.75) is 19.8 Å². The molecule has 0 spiro atoms. The van der Waals surface area contributed by atoms with E-state index in [0.717, 1.165) is 17.1 Å². The number of hydrogen-bond donors (Lipinski definition) is 2. The maximum absolute atomic E-state index is 12.4. The number of anilines is 1. The van der Waals surface area contributed by atoms with Gasteiger partial charge >= 0.3 is 5.97 Å². The van der Waals surface area contributed by atoms with E-state index in [9.17, 15) is 14.4 Å². The summed E-state index contributed by atoms with van der Waals surface area (Å²) in [6, 6.07) is 7.12. The minimum Gasteiger partial charge on any atom is -0.465 e. The fourth-order valence-corrected chi connectivity index (χ4v) is 2.70. The number of aryl methyl sites for hydroxylation is 1. The minimum absolute atomic E-state index is 0.0607. The van der Waals surface area contributed by atoms with E-state index in [1.54, 1.807) is 19.1 Å². The number of nitrogens with zero attached hydrogens (tertiary/aromatic N) is 2. The number of amides is 2. The molecule has 3 N–H and O–H groups in total. The standard InChI is InChI=1S/C15H16N4O4S/c1-3-23-15(22)10(13(16)20)12-11(18-19-24-12)14(21)17-9-6-4-8(2)5-7-9/h4-7,10H,3H2,1-2H3,(H2,16,20)(H,17,21)/t10-/m1/s1. The van der Waals surface area contributed by atoms with Crippen LogP contribution in [0.4, 0.5) is 5.69 Å². The molecule has 1 atom stereocenters. The molecular formula is C15H16N4O4S. The van der Waals surface area contributed by atoms with Crippen LogP contribution in [-0.2, 0) is 14.3 Å². The molecule has 0 bridgehead atoms. The Bertz CT molecular complexity index is 757. The topological polar surface area (TPSA) is 124 Å². The molecule has 9 heteroatoms. The summed E-state index contributed by atoms with van der Waals surface area (Å²) in [7, 11) is 0. The van der Waals surface area contributed by atoms with Crippen LogP contribution in [0.3, 0.4) is 0 Å². The van der Waals surface area contributed by atoms with Gasteiger partial charge in [0.1, 0.15) is 0 Å². The second-order valence-corrected chi connectivity index (χ2v) is 5.68. The molecule has 2 aromatic rings. The first-order valence-corrected chi connectivity index (χ1v) is 7.87. The van der Waals surface area contributed by atoms with E-state index in [0.29, 0.717) is 5.69 Å². The summed E-state index contributed by atoms with van der Waals surface area (Å²) < 4.78 is 8.49. The number of carbonyl (C=O) groups excluding carboxylic acids is 3. The molecule has 2 rings (SSSR count). The van der Waals surface area contributed by atoms with E-state index in [2.05, 4.69) is 14.9 Å². The number of nitrogens with two attached hydrogens (primary N) is 1. The van der Waals surface area contributed by atoms with Crippen molar-refractivity contribution in [2.24, 2.45) is 5.73 Å². The molecule has 126 valence electrons. The third kappa shape index (κ3) is 3.93. The SMILES string of the molecule is CCOC(=O)[C@@H](C(N)=O)c1snnc1C(=O)Nc1ccc(C)cc1. The average molecular weight is 348 g/mol. The Morgan fingerprint density at radius 2 is 1.96 bits per heavy atom. The van der Waals surface area contributed by atoms with Crippen molar-refractivity contribution < 1.29 is 19.1 Å². The zero-order chi connectivity index (χ0) is 17.7. The van der Waals surface area contributed by atoms with Crippen LogP contribution < -0.4 is 11.1 Å². The van der Waals surface area contributed by atoms with E-state index < -0.39 is 23.7 Å². The van der Waals surface area contributed by atoms with Crippen LogP contribution in [0.1, 0.15) is 33.8 Å². The lowest BCUT2D eigenvalue weighted by molar-refractivity contribution is -0.147. The molecule has 0 aliphatic rings. The van der Waals surface area contributed by atoms with E-state index in [1.807, 2.05) is 19.1 Å². The maximum Gasteiger partial charge on any atom is 0.324 e. The molecule has 0 saturated carbocycles. The normalized spacial score (nSPS) is 11.6. The van der Waals surface area contributed by atoms with Crippen molar-refractivity contribution in [1.82, 2.24) is 9.59 Å². The first kappa shape index (κ1) is 17.5. The number of aromatic nitrogens is 2. The van der Waals surface area contributed by atoms with Gasteiger partial charge < -0.3 is 15.8 Å². The second-order valence-electron chi connectivity index (χ2n) is 4.89. The van der Waals surface area contributed by atoms with Crippen LogP contribution in [0.25, 0.3) is 0 Å². The largest absolute Gasteiger partial charge is 0.465 e. The zero-order valence-electron chi connectivity index (χ0n) is 13.1. The zero-order valence-corrected chi connectivity index (χ0v) is 13.9. The van der Waals surface area contributed by atoms with E-state index in [-0.39, 0.29) is 17.2 Å². The molecule has 0 unspecified atom stereocenters. The minimum atomic E-state index is -1.41. The molecule has 2 amide bonds. The molecule has 24 heavy (non-hydrogen) atoms. The Balaban J connectivity index is 2.27. The molecule has 0 saturated heterocycles. The predicted molar refractivity (Wildman–Crippen MR) is 87.6 cm³/mol. The van der Waals surface area contributed by atoms with Gasteiger partial charge in [0.2, 0.25) is 5.91 Å². The lowest BCUT2D eigenvalue weighted by Crippen LogP contribution is -2.31. The summed E-state index contributed by atoms with van der Waals surface area (Å²) >= 11 is 0.758. The van der Waals surface area contributed by atoms with Crippen LogP contribution in [0.15, 0.2) is 24.3 Å². The third-order valence-corrected chi connectivity index (χ3v) is 3.90. The van der Waals surface area contributed by atoms with Crippen molar-refractivity contribution in [3.05, 3.63) is 40.4 Å². The number of esters is 1. The number of nitrogens with one attached hydrogen (secondary N) is 1. The Morgan fingerprint density at radius 3 is 2.54 bits per heavy atom. The van der Waals surface area contributed by atoms with Gasteiger partial charge in [-0.2, -0.15) is 0 Å². The van der Waals surface area contributed by atoms with Crippen molar-refractivity contribution in [3.63, 3.8) is 0 Å². The first-order valence-electron chi connectivity index (χ1n) is 7.10. The van der Waals surface area contributed by atoms with Gasteiger partial charge in [-0.15, -0.1) is 5.10 Å². The van der Waals surface area contributed by atoms with Crippen molar-refractivity contribution >= 4 is 35.0 Å². The van der Waals surface area contributed by atoms with E-state index in [4.69, 9.17) is 10.5 Å². The van der Waals surface area contributed by atoms with Crippen molar-refractivity contribution in [1.29, 1.82) is 0 Å². The number of ether oxygens (including phenoxy) is 1. The number of rotatable bonds is 6. The number of benzene rings is 1. The second kappa shape index (κ2) is 7.64. The summed E-state index contributed by atoms with van der Waals surface area (Å²) in [5.74, 6) is -3.76. The molecule has 1 aromatic heterocycles. The summed E-state index contributed by atoms with van der Waals surface area (Å²) in [5.41, 5.74) is 6.74. The lowest BCUT2D eigenvalue weighted by Gasteiger charge is -2.11. The van der Waals surface area contributed by atoms with Gasteiger partial charge in [-0.1, -0.05) is 22.2 Å². The van der Waals surface area contributed by atoms with Crippen molar-refractivity contribution in [2.75, 3.05) is 11.9 Å². The van der Waals surface area contributed by atoms with Gasteiger partial charge in [-0.05, 0) is 37.5 Å². The van der Waals surface area contributed by atoms with Crippen LogP contribution in [-0.4, -0.2) is 34.0 Å². The number of carbonyl (C=O) groups is 3. The molecule has 8 nitrogen and oxygen atoms in total. The smallest absolute Gasteiger partial charge is 0.324 e. The fraction of sp³-hybridized carbons (Fsp3) is 0.267. The van der Waals surface area contributed by atoms with Gasteiger partial charge in [0.25, 0.3) is 5.91 Å². The van der Waals surface area contributed by atoms with E-state index in [1.165, 1.54) is 0 Å². The first-order chi connectivity index (χ1) is 11.4. The Labute approximate surface area is 142 Å². The highest BCUT2D eigenvalue weighted by Crippen LogP contribution is 2.25. The molecule has 0 aliphatic heterocycles. The molecule has 0 aliphatic carbocycles. The van der Waals surface area contributed by atoms with E-state index >= 15 is 0 Å². The summed E-state index contributed by atoms with van der Waals surface area (Å²) in [6.07, 6.45) is 0. The quantitative estimate of drug-likeness (QED) is 0.597. The molecular weight excluding hydrogens is 332 g/mol. The van der Waals surface area contributed by atoms with Crippen LogP contribution >= 0.6 is 11.5 Å². The van der Waals surface area contributed by atoms with Gasteiger partial charge in [0.05, 0.1) is 11.5 Å². The highest BCUT2D eigenvalue weighted by Gasteiger charge is 2.34. The third-order valence-electron chi connectivity index (χ3n) is 3.11. The molecule has 0 radical (unpaired) electrons. The van der Waals surface area contributed by atoms with Gasteiger partial charge in [0.15, 0.2) is 11.6 Å². The fourth-order valence-electron chi connectivity index (χ4n) is 1.95. The van der Waals surface area contributed by atoms with Gasteiger partial charge in [-0.3, -0.25) is 14.4 Å². The lowest BCUT2D eigenvalue weighted by atomic mass is 10.1. The van der Waals surface area contributed by atoms with Crippen LogP contribution in [0.2, 0.25) is 0 Å². The molecule has 0 fully saturated rings. The predicted octanol–water partition coefficient (Wildman–Crippen LogP) is 1.23. The Hall–Kier alpha value is -2.81. The molecule has 1 aromatic carbocycles. The number of primary amides is 1. The number of hydrogen-bond acceptors (Lipinski definition) is 7. The maximum atomic E-state index is 12.4. The summed E-state index contributed by atoms with van der Waals surface area (Å²) in [5, 5.41) is 6.35. The highest BCUT2D eigenvalue weighted by atomic mass is 32.1. The van der Waals surface area contributed by atoms with Crippen molar-refractivity contribution in [3.8, 4) is 0 Å². The summed E-state index contributed by atoms with van der Waals surface area (Å²) in [4.78, 5) is 36.0. The van der Waals surface area contributed by atoms with Crippen LogP contribution in [0, 0.1) is 6.92 Å². The monoisotopic (exact) mass is 348 g/mol. The van der Waals surface area contributed by atoms with Gasteiger partial charge in [0, 0.05) is 5.69 Å².